The molecule has 0 aliphatic carbocycles. The summed E-state index contributed by atoms with van der Waals surface area (Å²) in [6.07, 6.45) is 0.295. The van der Waals surface area contributed by atoms with E-state index in [9.17, 15) is 0 Å². The van der Waals surface area contributed by atoms with Crippen LogP contribution in [0.2, 0.25) is 0 Å². The van der Waals surface area contributed by atoms with Gasteiger partial charge in [0.25, 0.3) is 0 Å². The largest absolute Gasteiger partial charge is 0.385 e. The fourth-order valence-corrected chi connectivity index (χ4v) is 0.874. The molecule has 0 saturated carbocycles. The summed E-state index contributed by atoms with van der Waals surface area (Å²) in [6.45, 7) is -1.77. The van der Waals surface area contributed by atoms with E-state index in [1.54, 1.807) is 0 Å². The summed E-state index contributed by atoms with van der Waals surface area (Å²) in [5, 5.41) is 2.47. The Morgan fingerprint density at radius 2 is 2.70 bits per heavy atom. The zero-order valence-electron chi connectivity index (χ0n) is 11.6. The number of methoxy groups -OCH3 is 1. The molecule has 0 amide bonds. The second-order valence-corrected chi connectivity index (χ2v) is 2.50. The molecule has 1 N–H and O–H groups in total. The highest BCUT2D eigenvalue weighted by Crippen LogP contribution is 2.19. The van der Waals surface area contributed by atoms with Gasteiger partial charge >= 0.3 is 0 Å². The molecule has 0 radical (unpaired) electrons. The Labute approximate surface area is 70.1 Å². The molecule has 1 heterocycles. The molecule has 10 heavy (non-hydrogen) atoms. The summed E-state index contributed by atoms with van der Waals surface area (Å²) < 4.78 is 51.4. The van der Waals surface area contributed by atoms with Crippen molar-refractivity contribution in [2.45, 2.75) is 12.0 Å². The predicted molar refractivity (Wildman–Crippen MR) is 39.1 cm³/mol. The fraction of sp³-hybridized carbons (Fsp3) is 1.00. The quantitative estimate of drug-likeness (QED) is 0.614. The van der Waals surface area contributed by atoms with Gasteiger partial charge in [-0.15, -0.1) is 0 Å². The molecule has 60 valence electrons. The van der Waals surface area contributed by atoms with Crippen molar-refractivity contribution >= 4 is 0 Å². The predicted octanol–water partition coefficient (Wildman–Crippen LogP) is 0.0113. The Balaban J connectivity index is 2.37. The minimum atomic E-state index is -2.44. The number of nitrogens with one attached hydrogen (secondary N) is 1. The minimum absolute atomic E-state index is 0.0249. The third-order valence-corrected chi connectivity index (χ3v) is 1.70. The van der Waals surface area contributed by atoms with Crippen molar-refractivity contribution in [2.24, 2.45) is 0 Å². The summed E-state index contributed by atoms with van der Waals surface area (Å²) in [5.41, 5.74) is -0.684. The van der Waals surface area contributed by atoms with E-state index in [2.05, 4.69) is 10.1 Å². The van der Waals surface area contributed by atoms with Crippen molar-refractivity contribution in [2.75, 3.05) is 33.8 Å². The van der Waals surface area contributed by atoms with E-state index >= 15 is 0 Å². The molecule has 0 atom stereocenters. The monoisotopic (exact) mass is 151 g/mol. The highest BCUT2D eigenvalue weighted by Gasteiger charge is 2.36. The molecule has 0 spiro atoms. The Hall–Kier alpha value is -0.120. The average molecular weight is 151 g/mol. The highest BCUT2D eigenvalue weighted by atomic mass is 16.5. The van der Waals surface area contributed by atoms with Gasteiger partial charge in [0.05, 0.1) is 22.9 Å². The molecule has 0 unspecified atom stereocenters. The van der Waals surface area contributed by atoms with Crippen molar-refractivity contribution in [3.05, 3.63) is 0 Å². The lowest BCUT2D eigenvalue weighted by Crippen LogP contribution is -2.59. The summed E-state index contributed by atoms with van der Waals surface area (Å²) in [7, 11) is -2.44. The lowest BCUT2D eigenvalue weighted by molar-refractivity contribution is -0.0820. The summed E-state index contributed by atoms with van der Waals surface area (Å²) in [4.78, 5) is 0. The molecule has 0 aromatic carbocycles. The number of ether oxygens (including phenoxy) is 2. The van der Waals surface area contributed by atoms with E-state index < -0.39 is 19.6 Å². The van der Waals surface area contributed by atoms with Crippen LogP contribution < -0.4 is 5.32 Å². The molecule has 1 rings (SSSR count). The van der Waals surface area contributed by atoms with Gasteiger partial charge in [-0.25, -0.2) is 0 Å². The maximum absolute atomic E-state index is 7.10. The van der Waals surface area contributed by atoms with Crippen molar-refractivity contribution in [3.8, 4) is 0 Å². The van der Waals surface area contributed by atoms with E-state index in [-0.39, 0.29) is 19.8 Å². The van der Waals surface area contributed by atoms with Crippen LogP contribution >= 0.6 is 0 Å². The van der Waals surface area contributed by atoms with Gasteiger partial charge in [0.1, 0.15) is 0 Å². The van der Waals surface area contributed by atoms with E-state index in [1.807, 2.05) is 0 Å². The Morgan fingerprint density at radius 3 is 3.20 bits per heavy atom. The smallest absolute Gasteiger partial charge is 0.0673 e. The van der Waals surface area contributed by atoms with Crippen LogP contribution in [0.15, 0.2) is 0 Å². The van der Waals surface area contributed by atoms with Crippen LogP contribution in [-0.2, 0) is 9.47 Å². The van der Waals surface area contributed by atoms with Crippen molar-refractivity contribution in [1.29, 1.82) is 0 Å². The second-order valence-electron chi connectivity index (χ2n) is 2.50. The lowest BCUT2D eigenvalue weighted by atomic mass is 9.94. The first-order valence-corrected chi connectivity index (χ1v) is 3.13. The first-order chi connectivity index (χ1) is 7.12. The zero-order valence-corrected chi connectivity index (χ0v) is 5.64. The fourth-order valence-electron chi connectivity index (χ4n) is 0.874. The molecule has 0 aromatic rings. The molecule has 1 aliphatic rings. The Bertz CT molecular complexity index is 234. The first kappa shape index (κ1) is 3.09. The first-order valence-electron chi connectivity index (χ1n) is 6.13. The van der Waals surface area contributed by atoms with Gasteiger partial charge in [0, 0.05) is 17.8 Å². The van der Waals surface area contributed by atoms with Crippen molar-refractivity contribution in [3.63, 3.8) is 0 Å². The molecular formula is C7H15NO2. The van der Waals surface area contributed by atoms with Crippen LogP contribution in [0.5, 0.6) is 0 Å². The molecule has 3 nitrogen and oxygen atoms in total. The Kier molecular flexibility index (Phi) is 1.03. The Morgan fingerprint density at radius 1 is 1.80 bits per heavy atom. The molecule has 1 fully saturated rings. The van der Waals surface area contributed by atoms with Gasteiger partial charge in [-0.2, -0.15) is 0 Å². The topological polar surface area (TPSA) is 30.5 Å². The third kappa shape index (κ3) is 1.48. The highest BCUT2D eigenvalue weighted by molar-refractivity contribution is 4.92. The number of rotatable bonds is 4. The number of hydrogen-bond donors (Lipinski definition) is 1. The van der Waals surface area contributed by atoms with Crippen LogP contribution in [-0.4, -0.2) is 39.4 Å². The van der Waals surface area contributed by atoms with Crippen LogP contribution in [0.4, 0.5) is 0 Å². The number of hydrogen-bond acceptors (Lipinski definition) is 3. The second kappa shape index (κ2) is 3.32. The zero-order chi connectivity index (χ0) is 12.4. The summed E-state index contributed by atoms with van der Waals surface area (Å²) >= 11 is 0. The summed E-state index contributed by atoms with van der Waals surface area (Å²) in [6, 6.07) is 0. The van der Waals surface area contributed by atoms with Crippen molar-refractivity contribution < 1.29 is 17.7 Å². The van der Waals surface area contributed by atoms with Gasteiger partial charge < -0.3 is 14.8 Å². The van der Waals surface area contributed by atoms with E-state index in [0.717, 1.165) is 0 Å². The van der Waals surface area contributed by atoms with Crippen LogP contribution in [0.1, 0.15) is 14.6 Å². The average Bonchev–Trinajstić information content (AvgIpc) is 1.94. The lowest BCUT2D eigenvalue weighted by Gasteiger charge is -2.41. The van der Waals surface area contributed by atoms with Gasteiger partial charge in [-0.3, -0.25) is 0 Å². The third-order valence-electron chi connectivity index (χ3n) is 1.70. The summed E-state index contributed by atoms with van der Waals surface area (Å²) in [5.74, 6) is 0. The van der Waals surface area contributed by atoms with Crippen LogP contribution in [0.3, 0.4) is 0 Å². The van der Waals surface area contributed by atoms with E-state index in [4.69, 9.17) is 13.0 Å². The van der Waals surface area contributed by atoms with Gasteiger partial charge in [0.15, 0.2) is 0 Å². The molecule has 3 heteroatoms. The van der Waals surface area contributed by atoms with E-state index in [0.29, 0.717) is 6.42 Å². The maximum Gasteiger partial charge on any atom is 0.0673 e. The molecule has 1 aliphatic heterocycles. The molecule has 0 bridgehead atoms. The van der Waals surface area contributed by atoms with Gasteiger partial charge in [-0.05, 0) is 13.4 Å². The maximum atomic E-state index is 7.10. The minimum Gasteiger partial charge on any atom is -0.385 e. The standard InChI is InChI=1S/C7H15NO2/c1-8-7(3-4-9-2)5-10-6-7/h8H,3-6H2,1-2H3/i1D3,2D3. The molecule has 0 aromatic heterocycles. The number of likely N-dealkylation sites (N-methyl/N-ethyl adjacent to an activating group) is 1. The van der Waals surface area contributed by atoms with Gasteiger partial charge in [0.2, 0.25) is 0 Å². The van der Waals surface area contributed by atoms with E-state index in [1.165, 1.54) is 0 Å². The molecule has 1 saturated heterocycles. The van der Waals surface area contributed by atoms with Crippen LogP contribution in [0, 0.1) is 0 Å². The molecular weight excluding hydrogens is 130 g/mol. The SMILES string of the molecule is [2H]C([2H])([2H])NC1(CCOC([2H])([2H])[2H])COC1. The normalized spacial score (nSPS) is 33.6. The van der Waals surface area contributed by atoms with Gasteiger partial charge in [-0.1, -0.05) is 0 Å². The van der Waals surface area contributed by atoms with Crippen LogP contribution in [0.25, 0.3) is 0 Å². The van der Waals surface area contributed by atoms with Crippen molar-refractivity contribution in [1.82, 2.24) is 5.32 Å².